The first-order valence-corrected chi connectivity index (χ1v) is 6.37. The van der Waals surface area contributed by atoms with Gasteiger partial charge in [0.2, 0.25) is 0 Å². The number of nitrogens with zero attached hydrogens (tertiary/aromatic N) is 2. The van der Waals surface area contributed by atoms with Gasteiger partial charge in [0, 0.05) is 31.4 Å². The zero-order valence-corrected chi connectivity index (χ0v) is 11.6. The lowest BCUT2D eigenvalue weighted by Crippen LogP contribution is -2.50. The smallest absolute Gasteiger partial charge is 0.0308 e. The Morgan fingerprint density at radius 3 is 1.93 bits per heavy atom. The van der Waals surface area contributed by atoms with E-state index in [0.29, 0.717) is 6.04 Å². The van der Waals surface area contributed by atoms with Gasteiger partial charge in [0.25, 0.3) is 0 Å². The molecule has 0 N–H and O–H groups in total. The number of hydrogen-bond donors (Lipinski definition) is 1. The van der Waals surface area contributed by atoms with Crippen molar-refractivity contribution in [2.75, 3.05) is 39.5 Å². The number of rotatable bonds is 1. The highest BCUT2D eigenvalue weighted by Gasteiger charge is 2.19. The van der Waals surface area contributed by atoms with E-state index < -0.39 is 0 Å². The maximum atomic E-state index is 4.30. The van der Waals surface area contributed by atoms with E-state index in [4.69, 9.17) is 0 Å². The summed E-state index contributed by atoms with van der Waals surface area (Å²) >= 11 is 4.30. The molecule has 1 saturated heterocycles. The van der Waals surface area contributed by atoms with E-state index in [-0.39, 0.29) is 0 Å². The summed E-state index contributed by atoms with van der Waals surface area (Å²) in [5.41, 5.74) is 0. The fraction of sp³-hybridized carbons (Fsp3) is 1.00. The summed E-state index contributed by atoms with van der Waals surface area (Å²) < 4.78 is 0. The fourth-order valence-electron chi connectivity index (χ4n) is 1.30. The van der Waals surface area contributed by atoms with Crippen molar-refractivity contribution in [2.45, 2.75) is 33.7 Å². The molecule has 0 radical (unpaired) electrons. The van der Waals surface area contributed by atoms with Crippen LogP contribution in [0.1, 0.15) is 27.7 Å². The SMILES string of the molecule is CC.CC.CN1CCN(C)C(CS)C1. The Morgan fingerprint density at radius 2 is 1.57 bits per heavy atom. The first-order valence-electron chi connectivity index (χ1n) is 5.73. The highest BCUT2D eigenvalue weighted by Crippen LogP contribution is 2.06. The Kier molecular flexibility index (Phi) is 13.5. The van der Waals surface area contributed by atoms with Gasteiger partial charge in [-0.1, -0.05) is 27.7 Å². The van der Waals surface area contributed by atoms with Crippen molar-refractivity contribution in [3.05, 3.63) is 0 Å². The van der Waals surface area contributed by atoms with Crippen LogP contribution in [-0.4, -0.2) is 55.3 Å². The Bertz CT molecular complexity index is 109. The van der Waals surface area contributed by atoms with E-state index >= 15 is 0 Å². The molecular formula is C11H28N2S. The van der Waals surface area contributed by atoms with Crippen LogP contribution in [-0.2, 0) is 0 Å². The van der Waals surface area contributed by atoms with Gasteiger partial charge in [0.1, 0.15) is 0 Å². The van der Waals surface area contributed by atoms with Gasteiger partial charge >= 0.3 is 0 Å². The molecule has 88 valence electrons. The molecule has 0 aromatic heterocycles. The molecule has 0 spiro atoms. The molecule has 0 aliphatic carbocycles. The standard InChI is InChI=1S/C7H16N2S.2C2H6/c1-8-3-4-9(2)7(5-8)6-10;2*1-2/h7,10H,3-6H2,1-2H3;2*1-2H3. The molecule has 1 fully saturated rings. The van der Waals surface area contributed by atoms with Gasteiger partial charge in [0.05, 0.1) is 0 Å². The van der Waals surface area contributed by atoms with Crippen LogP contribution in [0, 0.1) is 0 Å². The largest absolute Gasteiger partial charge is 0.304 e. The van der Waals surface area contributed by atoms with Crippen LogP contribution in [0.25, 0.3) is 0 Å². The van der Waals surface area contributed by atoms with Crippen LogP contribution in [0.2, 0.25) is 0 Å². The molecule has 0 aromatic carbocycles. The second kappa shape index (κ2) is 11.3. The molecular weight excluding hydrogens is 192 g/mol. The van der Waals surface area contributed by atoms with Crippen LogP contribution in [0.4, 0.5) is 0 Å². The number of piperazine rings is 1. The van der Waals surface area contributed by atoms with E-state index in [1.807, 2.05) is 27.7 Å². The lowest BCUT2D eigenvalue weighted by atomic mass is 10.2. The summed E-state index contributed by atoms with van der Waals surface area (Å²) in [6.45, 7) is 11.5. The molecule has 0 saturated carbocycles. The monoisotopic (exact) mass is 220 g/mol. The third kappa shape index (κ3) is 6.68. The Balaban J connectivity index is 0. The molecule has 14 heavy (non-hydrogen) atoms. The highest BCUT2D eigenvalue weighted by atomic mass is 32.1. The third-order valence-electron chi connectivity index (χ3n) is 2.19. The Labute approximate surface area is 96.1 Å². The first-order chi connectivity index (χ1) is 6.74. The average molecular weight is 220 g/mol. The fourth-order valence-corrected chi connectivity index (χ4v) is 1.69. The summed E-state index contributed by atoms with van der Waals surface area (Å²) in [7, 11) is 4.34. The summed E-state index contributed by atoms with van der Waals surface area (Å²) in [5, 5.41) is 0. The lowest BCUT2D eigenvalue weighted by Gasteiger charge is -2.36. The van der Waals surface area contributed by atoms with Gasteiger partial charge < -0.3 is 9.80 Å². The topological polar surface area (TPSA) is 6.48 Å². The summed E-state index contributed by atoms with van der Waals surface area (Å²) in [4.78, 5) is 4.74. The number of thiol groups is 1. The van der Waals surface area contributed by atoms with E-state index in [1.54, 1.807) is 0 Å². The minimum absolute atomic E-state index is 0.655. The maximum Gasteiger partial charge on any atom is 0.0308 e. The molecule has 1 heterocycles. The summed E-state index contributed by atoms with van der Waals surface area (Å²) in [6, 6.07) is 0.655. The number of likely N-dealkylation sites (N-methyl/N-ethyl adjacent to an activating group) is 2. The second-order valence-electron chi connectivity index (χ2n) is 3.08. The molecule has 1 rings (SSSR count). The zero-order chi connectivity index (χ0) is 11.6. The zero-order valence-electron chi connectivity index (χ0n) is 10.7. The predicted octanol–water partition coefficient (Wildman–Crippen LogP) is 2.21. The van der Waals surface area contributed by atoms with Gasteiger partial charge in [-0.05, 0) is 14.1 Å². The van der Waals surface area contributed by atoms with Crippen molar-refractivity contribution >= 4 is 12.6 Å². The maximum absolute atomic E-state index is 4.30. The molecule has 0 aromatic rings. The van der Waals surface area contributed by atoms with Crippen LogP contribution >= 0.6 is 12.6 Å². The molecule has 1 atom stereocenters. The minimum atomic E-state index is 0.655. The van der Waals surface area contributed by atoms with Crippen LogP contribution < -0.4 is 0 Å². The Hall–Kier alpha value is 0.270. The lowest BCUT2D eigenvalue weighted by molar-refractivity contribution is 0.128. The third-order valence-corrected chi connectivity index (χ3v) is 2.61. The van der Waals surface area contributed by atoms with Crippen LogP contribution in [0.15, 0.2) is 0 Å². The molecule has 1 unspecified atom stereocenters. The number of hydrogen-bond acceptors (Lipinski definition) is 3. The first kappa shape index (κ1) is 16.7. The van der Waals surface area contributed by atoms with Gasteiger partial charge in [0.15, 0.2) is 0 Å². The van der Waals surface area contributed by atoms with Gasteiger partial charge in [-0.15, -0.1) is 0 Å². The molecule has 3 heteroatoms. The minimum Gasteiger partial charge on any atom is -0.304 e. The normalized spacial score (nSPS) is 22.9. The van der Waals surface area contributed by atoms with Gasteiger partial charge in [-0.25, -0.2) is 0 Å². The predicted molar refractivity (Wildman–Crippen MR) is 70.5 cm³/mol. The van der Waals surface area contributed by atoms with Crippen molar-refractivity contribution in [3.8, 4) is 0 Å². The summed E-state index contributed by atoms with van der Waals surface area (Å²) in [6.07, 6.45) is 0. The van der Waals surface area contributed by atoms with Crippen molar-refractivity contribution in [1.29, 1.82) is 0 Å². The second-order valence-corrected chi connectivity index (χ2v) is 3.44. The molecule has 0 amide bonds. The van der Waals surface area contributed by atoms with E-state index in [1.165, 1.54) is 19.6 Å². The van der Waals surface area contributed by atoms with E-state index in [2.05, 4.69) is 36.5 Å². The average Bonchev–Trinajstić information content (AvgIpc) is 2.27. The molecule has 2 nitrogen and oxygen atoms in total. The van der Waals surface area contributed by atoms with Crippen LogP contribution in [0.5, 0.6) is 0 Å². The van der Waals surface area contributed by atoms with E-state index in [0.717, 1.165) is 5.75 Å². The van der Waals surface area contributed by atoms with E-state index in [9.17, 15) is 0 Å². The quantitative estimate of drug-likeness (QED) is 0.677. The van der Waals surface area contributed by atoms with Crippen LogP contribution in [0.3, 0.4) is 0 Å². The van der Waals surface area contributed by atoms with Gasteiger partial charge in [-0.2, -0.15) is 12.6 Å². The molecule has 1 aliphatic heterocycles. The molecule has 0 bridgehead atoms. The highest BCUT2D eigenvalue weighted by molar-refractivity contribution is 7.80. The van der Waals surface area contributed by atoms with Crippen molar-refractivity contribution in [1.82, 2.24) is 9.80 Å². The van der Waals surface area contributed by atoms with Crippen molar-refractivity contribution in [2.24, 2.45) is 0 Å². The summed E-state index contributed by atoms with van der Waals surface area (Å²) in [5.74, 6) is 0.973. The Morgan fingerprint density at radius 1 is 1.07 bits per heavy atom. The molecule has 1 aliphatic rings. The van der Waals surface area contributed by atoms with Crippen molar-refractivity contribution in [3.63, 3.8) is 0 Å². The van der Waals surface area contributed by atoms with Gasteiger partial charge in [-0.3, -0.25) is 0 Å². The van der Waals surface area contributed by atoms with Crippen molar-refractivity contribution < 1.29 is 0 Å².